The van der Waals surface area contributed by atoms with Crippen molar-refractivity contribution in [2.45, 2.75) is 19.1 Å². The summed E-state index contributed by atoms with van der Waals surface area (Å²) < 4.78 is 10.9. The van der Waals surface area contributed by atoms with E-state index in [2.05, 4.69) is 10.6 Å². The highest BCUT2D eigenvalue weighted by molar-refractivity contribution is 6.42. The number of nitrogens with one attached hydrogen (secondary N) is 2. The van der Waals surface area contributed by atoms with Crippen molar-refractivity contribution >= 4 is 58.5 Å². The Morgan fingerprint density at radius 2 is 1.43 bits per heavy atom. The van der Waals surface area contributed by atoms with E-state index in [9.17, 15) is 14.4 Å². The molecule has 0 heterocycles. The topological polar surface area (TPSA) is 93.7 Å². The van der Waals surface area contributed by atoms with Crippen LogP contribution in [0.15, 0.2) is 97.1 Å². The van der Waals surface area contributed by atoms with Crippen molar-refractivity contribution in [1.82, 2.24) is 5.32 Å². The number of anilines is 1. The van der Waals surface area contributed by atoms with E-state index in [4.69, 9.17) is 44.3 Å². The molecule has 0 spiro atoms. The lowest BCUT2D eigenvalue weighted by atomic mass is 10.1. The van der Waals surface area contributed by atoms with Crippen LogP contribution >= 0.6 is 34.8 Å². The second-order valence-electron chi connectivity index (χ2n) is 8.59. The molecule has 0 fully saturated rings. The van der Waals surface area contributed by atoms with Crippen LogP contribution in [0.25, 0.3) is 0 Å². The molecule has 10 heteroatoms. The van der Waals surface area contributed by atoms with Gasteiger partial charge in [0.05, 0.1) is 15.6 Å². The normalized spacial score (nSPS) is 11.3. The van der Waals surface area contributed by atoms with E-state index in [1.807, 2.05) is 60.7 Å². The Labute approximate surface area is 246 Å². The monoisotopic (exact) mass is 596 g/mol. The minimum atomic E-state index is -1.12. The number of hydrogen-bond donors (Lipinski definition) is 2. The van der Waals surface area contributed by atoms with E-state index in [1.165, 1.54) is 30.3 Å². The van der Waals surface area contributed by atoms with Crippen molar-refractivity contribution in [2.75, 3.05) is 5.32 Å². The number of carbonyl (C=O) groups is 3. The zero-order valence-electron chi connectivity index (χ0n) is 20.9. The number of halogens is 3. The molecule has 204 valence electrons. The van der Waals surface area contributed by atoms with Gasteiger partial charge in [0.25, 0.3) is 5.91 Å². The highest BCUT2D eigenvalue weighted by Crippen LogP contribution is 2.28. The third-order valence-electron chi connectivity index (χ3n) is 5.65. The number of benzene rings is 4. The fraction of sp³-hybridized carbons (Fsp3) is 0.100. The highest BCUT2D eigenvalue weighted by atomic mass is 35.5. The molecular formula is C30H23Cl3N2O5. The van der Waals surface area contributed by atoms with Crippen LogP contribution in [0.2, 0.25) is 15.1 Å². The number of alkyl carbamates (subject to hydrolysis) is 1. The summed E-state index contributed by atoms with van der Waals surface area (Å²) in [5.74, 6) is -1.45. The summed E-state index contributed by atoms with van der Waals surface area (Å²) in [5.41, 5.74) is 1.94. The van der Waals surface area contributed by atoms with Crippen LogP contribution in [0.3, 0.4) is 0 Å². The van der Waals surface area contributed by atoms with Crippen LogP contribution in [0.4, 0.5) is 10.5 Å². The van der Waals surface area contributed by atoms with E-state index in [0.717, 1.165) is 11.1 Å². The molecule has 0 saturated heterocycles. The molecule has 0 aliphatic carbocycles. The second-order valence-corrected chi connectivity index (χ2v) is 9.84. The maximum atomic E-state index is 13.3. The van der Waals surface area contributed by atoms with Gasteiger partial charge in [-0.05, 0) is 47.5 Å². The fourth-order valence-electron chi connectivity index (χ4n) is 3.67. The second kappa shape index (κ2) is 13.8. The average molecular weight is 598 g/mol. The molecule has 4 rings (SSSR count). The zero-order valence-corrected chi connectivity index (χ0v) is 23.2. The van der Waals surface area contributed by atoms with Gasteiger partial charge in [-0.1, -0.05) is 95.5 Å². The van der Waals surface area contributed by atoms with E-state index in [1.54, 1.807) is 6.07 Å². The molecule has 0 unspecified atom stereocenters. The molecule has 40 heavy (non-hydrogen) atoms. The van der Waals surface area contributed by atoms with Crippen LogP contribution < -0.4 is 15.4 Å². The van der Waals surface area contributed by atoms with Crippen LogP contribution in [-0.4, -0.2) is 24.0 Å². The molecule has 0 aromatic heterocycles. The molecule has 2 N–H and O–H groups in total. The molecule has 4 aromatic rings. The minimum Gasteiger partial charge on any atom is -0.445 e. The first-order valence-electron chi connectivity index (χ1n) is 12.1. The Balaban J connectivity index is 1.51. The minimum absolute atomic E-state index is 0.00274. The van der Waals surface area contributed by atoms with Crippen LogP contribution in [0.5, 0.6) is 5.75 Å². The van der Waals surface area contributed by atoms with Gasteiger partial charge >= 0.3 is 12.1 Å². The number of carbonyl (C=O) groups excluding carboxylic acids is 3. The van der Waals surface area contributed by atoms with Crippen molar-refractivity contribution < 1.29 is 23.9 Å². The van der Waals surface area contributed by atoms with Crippen molar-refractivity contribution in [3.63, 3.8) is 0 Å². The van der Waals surface area contributed by atoms with E-state index in [-0.39, 0.29) is 34.4 Å². The van der Waals surface area contributed by atoms with Gasteiger partial charge in [0.2, 0.25) is 0 Å². The Hall–Kier alpha value is -4.04. The molecule has 0 radical (unpaired) electrons. The highest BCUT2D eigenvalue weighted by Gasteiger charge is 2.26. The van der Waals surface area contributed by atoms with E-state index >= 15 is 0 Å². The van der Waals surface area contributed by atoms with Gasteiger partial charge in [-0.15, -0.1) is 0 Å². The first-order valence-corrected chi connectivity index (χ1v) is 13.2. The van der Waals surface area contributed by atoms with Gasteiger partial charge in [-0.25, -0.2) is 9.59 Å². The summed E-state index contributed by atoms with van der Waals surface area (Å²) in [5, 5.41) is 6.09. The third-order valence-corrected chi connectivity index (χ3v) is 6.62. The maximum Gasteiger partial charge on any atom is 0.408 e. The Bertz CT molecular complexity index is 1500. The maximum absolute atomic E-state index is 13.3. The molecule has 0 aliphatic rings. The largest absolute Gasteiger partial charge is 0.445 e. The summed E-state index contributed by atoms with van der Waals surface area (Å²) >= 11 is 18.1. The molecule has 0 bridgehead atoms. The van der Waals surface area contributed by atoms with Gasteiger partial charge in [0, 0.05) is 17.1 Å². The van der Waals surface area contributed by atoms with Gasteiger partial charge < -0.3 is 20.1 Å². The van der Waals surface area contributed by atoms with Gasteiger partial charge in [-0.3, -0.25) is 4.79 Å². The molecule has 2 amide bonds. The third kappa shape index (κ3) is 8.23. The van der Waals surface area contributed by atoms with Gasteiger partial charge in [0.1, 0.15) is 18.4 Å². The van der Waals surface area contributed by atoms with Crippen molar-refractivity contribution in [3.05, 3.63) is 129 Å². The molecular weight excluding hydrogens is 575 g/mol. The lowest BCUT2D eigenvalue weighted by Crippen LogP contribution is -2.44. The molecule has 4 aromatic carbocycles. The van der Waals surface area contributed by atoms with Crippen LogP contribution in [0, 0.1) is 0 Å². The SMILES string of the molecule is O=C(N[C@H](Cc1ccccc1)C(=O)Oc1ccc(Cl)cc1C(=O)Nc1ccc(Cl)c(Cl)c1)OCc1ccccc1. The quantitative estimate of drug-likeness (QED) is 0.156. The molecule has 0 aliphatic heterocycles. The van der Waals surface area contributed by atoms with E-state index < -0.39 is 24.0 Å². The number of rotatable bonds is 9. The van der Waals surface area contributed by atoms with E-state index in [0.29, 0.717) is 10.7 Å². The number of hydrogen-bond acceptors (Lipinski definition) is 5. The first-order chi connectivity index (χ1) is 19.3. The fourth-order valence-corrected chi connectivity index (χ4v) is 4.14. The van der Waals surface area contributed by atoms with Crippen LogP contribution in [-0.2, 0) is 22.6 Å². The summed E-state index contributed by atoms with van der Waals surface area (Å²) in [6.07, 6.45) is -0.672. The number of ether oxygens (including phenoxy) is 2. The molecule has 1 atom stereocenters. The van der Waals surface area contributed by atoms with Gasteiger partial charge in [0.15, 0.2) is 0 Å². The summed E-state index contributed by atoms with van der Waals surface area (Å²) in [4.78, 5) is 39.0. The summed E-state index contributed by atoms with van der Waals surface area (Å²) in [6, 6.07) is 26.0. The first kappa shape index (κ1) is 29.0. The van der Waals surface area contributed by atoms with Crippen molar-refractivity contribution in [2.24, 2.45) is 0 Å². The summed E-state index contributed by atoms with van der Waals surface area (Å²) in [6.45, 7) is 0.0238. The smallest absolute Gasteiger partial charge is 0.408 e. The van der Waals surface area contributed by atoms with Gasteiger partial charge in [-0.2, -0.15) is 0 Å². The van der Waals surface area contributed by atoms with Crippen molar-refractivity contribution in [1.29, 1.82) is 0 Å². The Morgan fingerprint density at radius 1 is 0.750 bits per heavy atom. The number of amides is 2. The average Bonchev–Trinajstić information content (AvgIpc) is 2.95. The number of esters is 1. The predicted molar refractivity (Wildman–Crippen MR) is 155 cm³/mol. The molecule has 0 saturated carbocycles. The van der Waals surface area contributed by atoms with Crippen molar-refractivity contribution in [3.8, 4) is 5.75 Å². The lowest BCUT2D eigenvalue weighted by molar-refractivity contribution is -0.136. The lowest BCUT2D eigenvalue weighted by Gasteiger charge is -2.19. The Kier molecular flexibility index (Phi) is 10.0. The van der Waals surface area contributed by atoms with Crippen LogP contribution in [0.1, 0.15) is 21.5 Å². The Morgan fingerprint density at radius 3 is 2.10 bits per heavy atom. The standard InChI is InChI=1S/C30H23Cl3N2O5/c31-21-11-14-27(23(16-21)28(36)34-22-12-13-24(32)25(33)17-22)40-29(37)26(15-19-7-3-1-4-8-19)35-30(38)39-18-20-9-5-2-6-10-20/h1-14,16-17,26H,15,18H2,(H,34,36)(H,35,38)/t26-/m1/s1. The molecule has 7 nitrogen and oxygen atoms in total. The predicted octanol–water partition coefficient (Wildman–Crippen LogP) is 7.34. The summed E-state index contributed by atoms with van der Waals surface area (Å²) in [7, 11) is 0. The zero-order chi connectivity index (χ0) is 28.5.